The Hall–Kier alpha value is -1.55. The number of amides is 1. The third-order valence-corrected chi connectivity index (χ3v) is 2.78. The fraction of sp³-hybridized carbons (Fsp3) is 0.333. The van der Waals surface area contributed by atoms with Crippen LogP contribution in [-0.4, -0.2) is 16.9 Å². The van der Waals surface area contributed by atoms with Gasteiger partial charge in [0.15, 0.2) is 5.58 Å². The van der Waals surface area contributed by atoms with E-state index in [1.54, 1.807) is 18.2 Å². The highest BCUT2D eigenvalue weighted by Gasteiger charge is 2.11. The van der Waals surface area contributed by atoms with Crippen molar-refractivity contribution in [1.29, 1.82) is 0 Å². The van der Waals surface area contributed by atoms with Gasteiger partial charge in [-0.2, -0.15) is 4.98 Å². The van der Waals surface area contributed by atoms with Crippen molar-refractivity contribution in [2.24, 2.45) is 0 Å². The number of carbonyl (C=O) groups excluding carboxylic acids is 1. The number of rotatable bonds is 3. The molecule has 1 amide bonds. The second kappa shape index (κ2) is 4.75. The summed E-state index contributed by atoms with van der Waals surface area (Å²) < 4.78 is 5.13. The average Bonchev–Trinajstić information content (AvgIpc) is 2.67. The van der Waals surface area contributed by atoms with Gasteiger partial charge in [-0.25, -0.2) is 0 Å². The van der Waals surface area contributed by atoms with E-state index in [1.165, 1.54) is 0 Å². The molecule has 2 aromatic rings. The first-order chi connectivity index (χ1) is 8.10. The molecule has 0 aliphatic heterocycles. The summed E-state index contributed by atoms with van der Waals surface area (Å²) in [6.07, 6.45) is 0.893. The zero-order valence-corrected chi connectivity index (χ0v) is 10.4. The molecule has 1 N–H and O–H groups in total. The van der Waals surface area contributed by atoms with Gasteiger partial charge < -0.3 is 9.73 Å². The number of nitrogens with zero attached hydrogens (tertiary/aromatic N) is 1. The van der Waals surface area contributed by atoms with Crippen LogP contribution in [0.5, 0.6) is 0 Å². The Labute approximate surface area is 104 Å². The Kier molecular flexibility index (Phi) is 3.33. The van der Waals surface area contributed by atoms with Crippen LogP contribution in [0, 0.1) is 0 Å². The summed E-state index contributed by atoms with van der Waals surface area (Å²) in [6.45, 7) is 3.98. The molecule has 1 aromatic carbocycles. The normalized spacial score (nSPS) is 12.6. The molecule has 0 saturated carbocycles. The van der Waals surface area contributed by atoms with Crippen molar-refractivity contribution in [3.8, 4) is 0 Å². The molecule has 0 bridgehead atoms. The van der Waals surface area contributed by atoms with Gasteiger partial charge in [0.2, 0.25) is 0 Å². The highest BCUT2D eigenvalue weighted by Crippen LogP contribution is 2.19. The molecular formula is C12H13ClN2O2. The lowest BCUT2D eigenvalue weighted by molar-refractivity contribution is 0.0939. The zero-order chi connectivity index (χ0) is 12.4. The number of hydrogen-bond acceptors (Lipinski definition) is 3. The topological polar surface area (TPSA) is 55.1 Å². The van der Waals surface area contributed by atoms with Crippen LogP contribution in [0.4, 0.5) is 0 Å². The van der Waals surface area contributed by atoms with Crippen molar-refractivity contribution >= 4 is 28.6 Å². The maximum atomic E-state index is 11.9. The van der Waals surface area contributed by atoms with Gasteiger partial charge in [0.1, 0.15) is 5.52 Å². The Morgan fingerprint density at radius 1 is 1.59 bits per heavy atom. The molecular weight excluding hydrogens is 240 g/mol. The molecule has 0 spiro atoms. The number of benzene rings is 1. The van der Waals surface area contributed by atoms with E-state index in [9.17, 15) is 4.79 Å². The van der Waals surface area contributed by atoms with Crippen molar-refractivity contribution in [1.82, 2.24) is 10.3 Å². The van der Waals surface area contributed by atoms with Crippen LogP contribution in [0.1, 0.15) is 30.6 Å². The summed E-state index contributed by atoms with van der Waals surface area (Å²) in [4.78, 5) is 15.8. The quantitative estimate of drug-likeness (QED) is 0.914. The molecule has 0 saturated heterocycles. The largest absolute Gasteiger partial charge is 0.428 e. The van der Waals surface area contributed by atoms with Gasteiger partial charge in [-0.15, -0.1) is 0 Å². The molecule has 0 unspecified atom stereocenters. The third-order valence-electron chi connectivity index (χ3n) is 2.61. The van der Waals surface area contributed by atoms with Crippen molar-refractivity contribution in [3.05, 3.63) is 29.1 Å². The molecule has 0 radical (unpaired) electrons. The summed E-state index contributed by atoms with van der Waals surface area (Å²) in [5, 5.41) is 2.97. The molecule has 17 heavy (non-hydrogen) atoms. The number of carbonyl (C=O) groups is 1. The molecule has 90 valence electrons. The number of halogens is 1. The first-order valence-electron chi connectivity index (χ1n) is 5.47. The van der Waals surface area contributed by atoms with E-state index in [4.69, 9.17) is 16.0 Å². The summed E-state index contributed by atoms with van der Waals surface area (Å²) >= 11 is 5.64. The third kappa shape index (κ3) is 2.58. The van der Waals surface area contributed by atoms with Gasteiger partial charge in [0.05, 0.1) is 0 Å². The number of oxazole rings is 1. The van der Waals surface area contributed by atoms with Gasteiger partial charge in [-0.3, -0.25) is 4.79 Å². The van der Waals surface area contributed by atoms with Crippen LogP contribution in [0.15, 0.2) is 22.6 Å². The van der Waals surface area contributed by atoms with E-state index < -0.39 is 0 Å². The molecule has 1 atom stereocenters. The summed E-state index contributed by atoms with van der Waals surface area (Å²) in [5.41, 5.74) is 1.73. The standard InChI is InChI=1S/C12H13ClN2O2/c1-3-7(2)14-11(16)8-4-5-10-9(6-8)15-12(13)17-10/h4-7H,3H2,1-2H3,(H,14,16)/t7-/m1/s1. The van der Waals surface area contributed by atoms with Crippen molar-refractivity contribution in [2.45, 2.75) is 26.3 Å². The maximum absolute atomic E-state index is 11.9. The summed E-state index contributed by atoms with van der Waals surface area (Å²) in [7, 11) is 0. The Morgan fingerprint density at radius 3 is 3.06 bits per heavy atom. The van der Waals surface area contributed by atoms with Gasteiger partial charge >= 0.3 is 0 Å². The second-order valence-corrected chi connectivity index (χ2v) is 4.26. The molecule has 4 nitrogen and oxygen atoms in total. The first kappa shape index (κ1) is 11.9. The number of hydrogen-bond donors (Lipinski definition) is 1. The predicted octanol–water partition coefficient (Wildman–Crippen LogP) is 3.01. The molecule has 0 fully saturated rings. The molecule has 1 aromatic heterocycles. The summed E-state index contributed by atoms with van der Waals surface area (Å²) in [6, 6.07) is 5.21. The smallest absolute Gasteiger partial charge is 0.293 e. The monoisotopic (exact) mass is 252 g/mol. The van der Waals surface area contributed by atoms with E-state index in [0.717, 1.165) is 6.42 Å². The van der Waals surface area contributed by atoms with E-state index in [2.05, 4.69) is 10.3 Å². The lowest BCUT2D eigenvalue weighted by atomic mass is 10.1. The molecule has 5 heteroatoms. The van der Waals surface area contributed by atoms with Crippen LogP contribution >= 0.6 is 11.6 Å². The van der Waals surface area contributed by atoms with Crippen LogP contribution < -0.4 is 5.32 Å². The molecule has 1 heterocycles. The summed E-state index contributed by atoms with van der Waals surface area (Å²) in [5.74, 6) is -0.111. The molecule has 2 rings (SSSR count). The minimum atomic E-state index is -0.111. The number of fused-ring (bicyclic) bond motifs is 1. The number of nitrogens with one attached hydrogen (secondary N) is 1. The second-order valence-electron chi connectivity index (χ2n) is 3.93. The lowest BCUT2D eigenvalue weighted by Gasteiger charge is -2.10. The van der Waals surface area contributed by atoms with E-state index in [-0.39, 0.29) is 17.3 Å². The first-order valence-corrected chi connectivity index (χ1v) is 5.85. The van der Waals surface area contributed by atoms with Crippen molar-refractivity contribution in [2.75, 3.05) is 0 Å². The minimum absolute atomic E-state index is 0.0829. The predicted molar refractivity (Wildman–Crippen MR) is 66.2 cm³/mol. The van der Waals surface area contributed by atoms with Crippen molar-refractivity contribution in [3.63, 3.8) is 0 Å². The molecule has 0 aliphatic carbocycles. The van der Waals surface area contributed by atoms with Crippen LogP contribution in [0.2, 0.25) is 5.35 Å². The lowest BCUT2D eigenvalue weighted by Crippen LogP contribution is -2.31. The van der Waals surface area contributed by atoms with Crippen LogP contribution in [-0.2, 0) is 0 Å². The Morgan fingerprint density at radius 2 is 2.35 bits per heavy atom. The average molecular weight is 253 g/mol. The Balaban J connectivity index is 2.26. The maximum Gasteiger partial charge on any atom is 0.293 e. The minimum Gasteiger partial charge on any atom is -0.428 e. The number of aromatic nitrogens is 1. The van der Waals surface area contributed by atoms with E-state index in [1.807, 2.05) is 13.8 Å². The van der Waals surface area contributed by atoms with Gasteiger partial charge in [0.25, 0.3) is 11.3 Å². The highest BCUT2D eigenvalue weighted by atomic mass is 35.5. The fourth-order valence-electron chi connectivity index (χ4n) is 1.45. The van der Waals surface area contributed by atoms with Crippen LogP contribution in [0.25, 0.3) is 11.1 Å². The van der Waals surface area contributed by atoms with Crippen LogP contribution in [0.3, 0.4) is 0 Å². The van der Waals surface area contributed by atoms with Crippen molar-refractivity contribution < 1.29 is 9.21 Å². The van der Waals surface area contributed by atoms with Gasteiger partial charge in [-0.1, -0.05) is 6.92 Å². The van der Waals surface area contributed by atoms with Gasteiger partial charge in [-0.05, 0) is 43.1 Å². The Bertz CT molecular complexity index is 550. The van der Waals surface area contributed by atoms with Gasteiger partial charge in [0, 0.05) is 11.6 Å². The highest BCUT2D eigenvalue weighted by molar-refractivity contribution is 6.28. The molecule has 0 aliphatic rings. The van der Waals surface area contributed by atoms with E-state index in [0.29, 0.717) is 16.7 Å². The SMILES string of the molecule is CC[C@@H](C)NC(=O)c1ccc2oc(Cl)nc2c1. The zero-order valence-electron chi connectivity index (χ0n) is 9.66. The fourth-order valence-corrected chi connectivity index (χ4v) is 1.62. The van der Waals surface area contributed by atoms with E-state index >= 15 is 0 Å².